The van der Waals surface area contributed by atoms with Crippen molar-refractivity contribution in [3.8, 4) is 0 Å². The fourth-order valence-electron chi connectivity index (χ4n) is 2.37. The topological polar surface area (TPSA) is 20.2 Å². The van der Waals surface area contributed by atoms with Crippen LogP contribution in [0.3, 0.4) is 0 Å². The first-order valence-corrected chi connectivity index (χ1v) is 7.17. The predicted octanol–water partition coefficient (Wildman–Crippen LogP) is 2.93. The summed E-state index contributed by atoms with van der Waals surface area (Å²) in [4.78, 5) is 1.35. The molecule has 0 spiro atoms. The lowest BCUT2D eigenvalue weighted by atomic mass is 10.1. The van der Waals surface area contributed by atoms with Crippen molar-refractivity contribution < 1.29 is 5.11 Å². The summed E-state index contributed by atoms with van der Waals surface area (Å²) in [6.45, 7) is 0. The summed E-state index contributed by atoms with van der Waals surface area (Å²) in [6.07, 6.45) is 2.12. The molecule has 1 heterocycles. The van der Waals surface area contributed by atoms with Crippen LogP contribution < -0.4 is 0 Å². The number of benzene rings is 2. The Morgan fingerprint density at radius 1 is 1.06 bits per heavy atom. The molecule has 1 saturated heterocycles. The van der Waals surface area contributed by atoms with E-state index in [0.29, 0.717) is 0 Å². The average molecular weight is 231 g/mol. The Labute approximate surface area is 98.5 Å². The quantitative estimate of drug-likeness (QED) is 0.748. The number of hydrogen-bond acceptors (Lipinski definition) is 1. The van der Waals surface area contributed by atoms with Gasteiger partial charge in [-0.05, 0) is 23.9 Å². The van der Waals surface area contributed by atoms with Crippen LogP contribution in [0.1, 0.15) is 12.8 Å². The third-order valence-corrected chi connectivity index (χ3v) is 5.72. The molecule has 0 bridgehead atoms. The Balaban J connectivity index is 2.16. The van der Waals surface area contributed by atoms with Crippen molar-refractivity contribution >= 4 is 21.7 Å². The minimum absolute atomic E-state index is 0.0456. The summed E-state index contributed by atoms with van der Waals surface area (Å²) in [6, 6.07) is 14.9. The van der Waals surface area contributed by atoms with Crippen molar-refractivity contribution in [1.82, 2.24) is 0 Å². The van der Waals surface area contributed by atoms with Crippen LogP contribution in [0.4, 0.5) is 0 Å². The molecule has 2 heteroatoms. The Kier molecular flexibility index (Phi) is 2.62. The molecule has 3 rings (SSSR count). The lowest BCUT2D eigenvalue weighted by Gasteiger charge is -2.08. The average Bonchev–Trinajstić information content (AvgIpc) is 2.75. The highest BCUT2D eigenvalue weighted by atomic mass is 32.2. The van der Waals surface area contributed by atoms with Crippen molar-refractivity contribution in [2.45, 2.75) is 23.2 Å². The van der Waals surface area contributed by atoms with E-state index in [2.05, 4.69) is 42.5 Å². The second-order valence-corrected chi connectivity index (χ2v) is 6.46. The fourth-order valence-corrected chi connectivity index (χ4v) is 4.81. The highest BCUT2D eigenvalue weighted by Crippen LogP contribution is 2.32. The summed E-state index contributed by atoms with van der Waals surface area (Å²) in [5, 5.41) is 12.6. The molecule has 2 atom stereocenters. The highest BCUT2D eigenvalue weighted by Gasteiger charge is 2.37. The third-order valence-electron chi connectivity index (χ3n) is 3.18. The molecular formula is C14H15OS+. The lowest BCUT2D eigenvalue weighted by molar-refractivity contribution is 0.257. The zero-order valence-corrected chi connectivity index (χ0v) is 9.91. The maximum atomic E-state index is 10.0. The Bertz CT molecular complexity index is 504. The van der Waals surface area contributed by atoms with E-state index in [1.54, 1.807) is 0 Å². The monoisotopic (exact) mass is 231 g/mol. The summed E-state index contributed by atoms with van der Waals surface area (Å²) in [7, 11) is 0.0456. The molecule has 0 aliphatic carbocycles. The van der Waals surface area contributed by atoms with Gasteiger partial charge in [0.05, 0.1) is 10.9 Å². The van der Waals surface area contributed by atoms with E-state index in [1.807, 2.05) is 0 Å². The zero-order chi connectivity index (χ0) is 11.0. The van der Waals surface area contributed by atoms with Gasteiger partial charge in [0.2, 0.25) is 5.44 Å². The van der Waals surface area contributed by atoms with Gasteiger partial charge in [0.1, 0.15) is 5.75 Å². The van der Waals surface area contributed by atoms with Crippen LogP contribution in [0.2, 0.25) is 0 Å². The first-order valence-electron chi connectivity index (χ1n) is 5.72. The lowest BCUT2D eigenvalue weighted by Crippen LogP contribution is -2.16. The van der Waals surface area contributed by atoms with Gasteiger partial charge < -0.3 is 5.11 Å². The van der Waals surface area contributed by atoms with E-state index in [1.165, 1.54) is 15.7 Å². The van der Waals surface area contributed by atoms with Gasteiger partial charge in [-0.1, -0.05) is 30.3 Å². The van der Waals surface area contributed by atoms with E-state index < -0.39 is 0 Å². The minimum Gasteiger partial charge on any atom is -0.349 e. The molecule has 1 aliphatic heterocycles. The maximum absolute atomic E-state index is 10.0. The maximum Gasteiger partial charge on any atom is 0.221 e. The van der Waals surface area contributed by atoms with Crippen LogP contribution in [-0.4, -0.2) is 16.3 Å². The predicted molar refractivity (Wildman–Crippen MR) is 69.7 cm³/mol. The molecule has 2 aromatic rings. The third kappa shape index (κ3) is 1.62. The van der Waals surface area contributed by atoms with E-state index in [0.717, 1.165) is 18.6 Å². The van der Waals surface area contributed by atoms with Crippen molar-refractivity contribution in [3.63, 3.8) is 0 Å². The van der Waals surface area contributed by atoms with Crippen LogP contribution in [0.15, 0.2) is 47.4 Å². The van der Waals surface area contributed by atoms with E-state index >= 15 is 0 Å². The molecule has 1 fully saturated rings. The Hall–Kier alpha value is -0.990. The summed E-state index contributed by atoms with van der Waals surface area (Å²) < 4.78 is 0. The molecule has 2 unspecified atom stereocenters. The first kappa shape index (κ1) is 10.2. The number of aliphatic hydroxyl groups excluding tert-OH is 1. The van der Waals surface area contributed by atoms with E-state index in [-0.39, 0.29) is 16.3 Å². The summed E-state index contributed by atoms with van der Waals surface area (Å²) in [5.41, 5.74) is -0.120. The smallest absolute Gasteiger partial charge is 0.221 e. The molecule has 0 radical (unpaired) electrons. The second-order valence-electron chi connectivity index (χ2n) is 4.21. The van der Waals surface area contributed by atoms with Crippen molar-refractivity contribution in [3.05, 3.63) is 42.5 Å². The zero-order valence-electron chi connectivity index (χ0n) is 9.10. The van der Waals surface area contributed by atoms with Crippen molar-refractivity contribution in [2.24, 2.45) is 0 Å². The van der Waals surface area contributed by atoms with E-state index in [9.17, 15) is 5.11 Å². The van der Waals surface area contributed by atoms with Gasteiger partial charge in [-0.15, -0.1) is 0 Å². The number of hydrogen-bond donors (Lipinski definition) is 1. The standard InChI is InChI=1S/C14H15OS/c15-14-9-4-10-16(14)13-8-3-6-11-5-1-2-7-12(11)13/h1-3,5-8,14-15H,4,9-10H2/q+1. The molecule has 82 valence electrons. The molecule has 0 saturated carbocycles. The fraction of sp³-hybridized carbons (Fsp3) is 0.286. The largest absolute Gasteiger partial charge is 0.349 e. The Morgan fingerprint density at radius 2 is 1.88 bits per heavy atom. The molecule has 16 heavy (non-hydrogen) atoms. The molecule has 0 amide bonds. The van der Waals surface area contributed by atoms with E-state index in [4.69, 9.17) is 0 Å². The van der Waals surface area contributed by atoms with Gasteiger partial charge >= 0.3 is 0 Å². The SMILES string of the molecule is OC1CCC[S+]1c1cccc2ccccc12. The molecular weight excluding hydrogens is 216 g/mol. The van der Waals surface area contributed by atoms with Crippen molar-refractivity contribution in [2.75, 3.05) is 5.75 Å². The van der Waals surface area contributed by atoms with Gasteiger partial charge in [-0.2, -0.15) is 0 Å². The van der Waals surface area contributed by atoms with Gasteiger partial charge in [-0.25, -0.2) is 0 Å². The molecule has 1 nitrogen and oxygen atoms in total. The second kappa shape index (κ2) is 4.11. The van der Waals surface area contributed by atoms with Gasteiger partial charge in [0.15, 0.2) is 4.90 Å². The number of aliphatic hydroxyl groups is 1. The van der Waals surface area contributed by atoms with Crippen LogP contribution >= 0.6 is 0 Å². The highest BCUT2D eigenvalue weighted by molar-refractivity contribution is 7.97. The van der Waals surface area contributed by atoms with Gasteiger partial charge in [-0.3, -0.25) is 0 Å². The molecule has 1 N–H and O–H groups in total. The van der Waals surface area contributed by atoms with Gasteiger partial charge in [0.25, 0.3) is 0 Å². The molecule has 2 aromatic carbocycles. The van der Waals surface area contributed by atoms with Crippen LogP contribution in [0.25, 0.3) is 10.8 Å². The molecule has 1 aliphatic rings. The van der Waals surface area contributed by atoms with Crippen LogP contribution in [-0.2, 0) is 10.9 Å². The number of rotatable bonds is 1. The normalized spacial score (nSPS) is 25.1. The minimum atomic E-state index is -0.120. The summed E-state index contributed by atoms with van der Waals surface area (Å²) in [5.74, 6) is 1.15. The Morgan fingerprint density at radius 3 is 2.69 bits per heavy atom. The van der Waals surface area contributed by atoms with Gasteiger partial charge in [0, 0.05) is 11.8 Å². The molecule has 0 aromatic heterocycles. The van der Waals surface area contributed by atoms with Crippen LogP contribution in [0, 0.1) is 0 Å². The van der Waals surface area contributed by atoms with Crippen molar-refractivity contribution in [1.29, 1.82) is 0 Å². The van der Waals surface area contributed by atoms with Crippen LogP contribution in [0.5, 0.6) is 0 Å². The number of fused-ring (bicyclic) bond motifs is 1. The summed E-state index contributed by atoms with van der Waals surface area (Å²) >= 11 is 0. The first-order chi connectivity index (χ1) is 7.86.